The molecule has 3 rings (SSSR count). The van der Waals surface area contributed by atoms with Crippen molar-refractivity contribution in [3.63, 3.8) is 0 Å². The molecular formula is C16H22BrNOS. The van der Waals surface area contributed by atoms with Crippen molar-refractivity contribution in [1.29, 1.82) is 0 Å². The van der Waals surface area contributed by atoms with Gasteiger partial charge in [-0.1, -0.05) is 28.8 Å². The summed E-state index contributed by atoms with van der Waals surface area (Å²) in [5, 5.41) is 4.24. The molecule has 1 amide bonds. The molecule has 2 atom stereocenters. The molecule has 2 nitrogen and oxygen atoms in total. The lowest BCUT2D eigenvalue weighted by Crippen LogP contribution is -2.34. The number of amides is 1. The molecule has 1 aromatic heterocycles. The predicted octanol–water partition coefficient (Wildman–Crippen LogP) is 4.17. The van der Waals surface area contributed by atoms with E-state index in [-0.39, 0.29) is 5.91 Å². The minimum Gasteiger partial charge on any atom is -0.351 e. The number of halogens is 1. The largest absolute Gasteiger partial charge is 0.351 e. The zero-order valence-electron chi connectivity index (χ0n) is 11.8. The molecule has 2 unspecified atom stereocenters. The molecule has 0 bridgehead atoms. The van der Waals surface area contributed by atoms with Crippen molar-refractivity contribution in [3.8, 4) is 0 Å². The summed E-state index contributed by atoms with van der Waals surface area (Å²) in [6.07, 6.45) is 8.82. The molecule has 0 radical (unpaired) electrons. The van der Waals surface area contributed by atoms with Crippen LogP contribution in [0.1, 0.15) is 52.2 Å². The quantitative estimate of drug-likeness (QED) is 0.806. The molecule has 1 heterocycles. The fourth-order valence-corrected chi connectivity index (χ4v) is 5.53. The van der Waals surface area contributed by atoms with Crippen LogP contribution in [-0.2, 0) is 12.8 Å². The van der Waals surface area contributed by atoms with Gasteiger partial charge in [0.1, 0.15) is 0 Å². The molecule has 1 aromatic rings. The van der Waals surface area contributed by atoms with E-state index < -0.39 is 0 Å². The van der Waals surface area contributed by atoms with E-state index in [9.17, 15) is 4.79 Å². The van der Waals surface area contributed by atoms with E-state index in [0.717, 1.165) is 29.1 Å². The van der Waals surface area contributed by atoms with Crippen LogP contribution in [0.3, 0.4) is 0 Å². The number of nitrogens with one attached hydrogen (secondary N) is 1. The number of aryl methyl sites for hydroxylation is 2. The monoisotopic (exact) mass is 355 g/mol. The summed E-state index contributed by atoms with van der Waals surface area (Å²) in [6, 6.07) is 2.12. The first-order chi connectivity index (χ1) is 9.78. The summed E-state index contributed by atoms with van der Waals surface area (Å²) in [6.45, 7) is 0.845. The number of thiophene rings is 1. The number of hydrogen-bond donors (Lipinski definition) is 1. The summed E-state index contributed by atoms with van der Waals surface area (Å²) in [4.78, 5) is 14.6. The van der Waals surface area contributed by atoms with Crippen LogP contribution in [0.15, 0.2) is 6.07 Å². The van der Waals surface area contributed by atoms with Crippen molar-refractivity contribution in [2.45, 2.75) is 44.9 Å². The maximum Gasteiger partial charge on any atom is 0.261 e. The average molecular weight is 356 g/mol. The van der Waals surface area contributed by atoms with Gasteiger partial charge >= 0.3 is 0 Å². The highest BCUT2D eigenvalue weighted by atomic mass is 79.9. The van der Waals surface area contributed by atoms with Crippen molar-refractivity contribution in [3.05, 3.63) is 21.4 Å². The lowest BCUT2D eigenvalue weighted by molar-refractivity contribution is 0.0941. The minimum atomic E-state index is 0.142. The van der Waals surface area contributed by atoms with Gasteiger partial charge in [0, 0.05) is 16.8 Å². The third-order valence-electron chi connectivity index (χ3n) is 4.76. The van der Waals surface area contributed by atoms with Gasteiger partial charge in [-0.05, 0) is 55.6 Å². The SMILES string of the molecule is O=C(NCC1CCCCC1CBr)c1cc2c(s1)CCC2. The number of rotatable bonds is 4. The van der Waals surface area contributed by atoms with E-state index in [4.69, 9.17) is 0 Å². The Morgan fingerprint density at radius 1 is 1.25 bits per heavy atom. The highest BCUT2D eigenvalue weighted by Crippen LogP contribution is 2.32. The molecule has 0 aliphatic heterocycles. The molecule has 110 valence electrons. The normalized spacial score (nSPS) is 25.4. The number of carbonyl (C=O) groups excluding carboxylic acids is 1. The highest BCUT2D eigenvalue weighted by Gasteiger charge is 2.25. The zero-order chi connectivity index (χ0) is 13.9. The fraction of sp³-hybridized carbons (Fsp3) is 0.688. The summed E-state index contributed by atoms with van der Waals surface area (Å²) in [5.74, 6) is 1.53. The third kappa shape index (κ3) is 3.11. The van der Waals surface area contributed by atoms with Crippen molar-refractivity contribution in [2.75, 3.05) is 11.9 Å². The standard InChI is InChI=1S/C16H22BrNOS/c17-9-12-4-1-2-5-13(12)10-18-16(19)15-8-11-6-3-7-14(11)20-15/h8,12-13H,1-7,9-10H2,(H,18,19). The number of carbonyl (C=O) groups is 1. The number of fused-ring (bicyclic) bond motifs is 1. The van der Waals surface area contributed by atoms with Gasteiger partial charge in [-0.3, -0.25) is 4.79 Å². The molecule has 2 aliphatic rings. The van der Waals surface area contributed by atoms with Crippen LogP contribution in [0.25, 0.3) is 0 Å². The lowest BCUT2D eigenvalue weighted by Gasteiger charge is -2.30. The summed E-state index contributed by atoms with van der Waals surface area (Å²) < 4.78 is 0. The Morgan fingerprint density at radius 3 is 2.80 bits per heavy atom. The van der Waals surface area contributed by atoms with Crippen molar-refractivity contribution < 1.29 is 4.79 Å². The van der Waals surface area contributed by atoms with Crippen molar-refractivity contribution >= 4 is 33.2 Å². The van der Waals surface area contributed by atoms with Gasteiger partial charge in [-0.2, -0.15) is 0 Å². The third-order valence-corrected chi connectivity index (χ3v) is 6.83. The Balaban J connectivity index is 1.55. The Morgan fingerprint density at radius 2 is 2.05 bits per heavy atom. The molecule has 20 heavy (non-hydrogen) atoms. The van der Waals surface area contributed by atoms with Gasteiger partial charge in [-0.15, -0.1) is 11.3 Å². The molecular weight excluding hydrogens is 334 g/mol. The Hall–Kier alpha value is -0.350. The van der Waals surface area contributed by atoms with E-state index in [1.54, 1.807) is 11.3 Å². The highest BCUT2D eigenvalue weighted by molar-refractivity contribution is 9.09. The first-order valence-electron chi connectivity index (χ1n) is 7.73. The van der Waals surface area contributed by atoms with E-state index >= 15 is 0 Å². The Kier molecular flexibility index (Phi) is 4.82. The van der Waals surface area contributed by atoms with Crippen molar-refractivity contribution in [2.24, 2.45) is 11.8 Å². The van der Waals surface area contributed by atoms with Gasteiger partial charge < -0.3 is 5.32 Å². The van der Waals surface area contributed by atoms with E-state index in [2.05, 4.69) is 27.3 Å². The number of alkyl halides is 1. The molecule has 0 saturated heterocycles. The minimum absolute atomic E-state index is 0.142. The summed E-state index contributed by atoms with van der Waals surface area (Å²) in [7, 11) is 0. The second-order valence-corrected chi connectivity index (χ2v) is 7.87. The lowest BCUT2D eigenvalue weighted by atomic mass is 9.80. The van der Waals surface area contributed by atoms with Crippen LogP contribution in [0.2, 0.25) is 0 Å². The first kappa shape index (κ1) is 14.6. The van der Waals surface area contributed by atoms with Crippen LogP contribution < -0.4 is 5.32 Å². The molecule has 0 spiro atoms. The zero-order valence-corrected chi connectivity index (χ0v) is 14.2. The Bertz CT molecular complexity index is 463. The number of hydrogen-bond acceptors (Lipinski definition) is 2. The van der Waals surface area contributed by atoms with E-state index in [1.807, 2.05) is 0 Å². The smallest absolute Gasteiger partial charge is 0.261 e. The van der Waals surface area contributed by atoms with Crippen LogP contribution in [0, 0.1) is 11.8 Å². The molecule has 1 saturated carbocycles. The predicted molar refractivity (Wildman–Crippen MR) is 87.9 cm³/mol. The maximum absolute atomic E-state index is 12.3. The fourth-order valence-electron chi connectivity index (χ4n) is 3.51. The van der Waals surface area contributed by atoms with Crippen molar-refractivity contribution in [1.82, 2.24) is 5.32 Å². The van der Waals surface area contributed by atoms with E-state index in [0.29, 0.717) is 5.92 Å². The molecule has 2 aliphatic carbocycles. The van der Waals surface area contributed by atoms with Crippen LogP contribution in [0.4, 0.5) is 0 Å². The van der Waals surface area contributed by atoms with Gasteiger partial charge in [0.25, 0.3) is 5.91 Å². The Labute approximate surface area is 133 Å². The second-order valence-electron chi connectivity index (χ2n) is 6.08. The van der Waals surface area contributed by atoms with Crippen LogP contribution >= 0.6 is 27.3 Å². The second kappa shape index (κ2) is 6.61. The summed E-state index contributed by atoms with van der Waals surface area (Å²) in [5.41, 5.74) is 1.41. The molecule has 4 heteroatoms. The van der Waals surface area contributed by atoms with Gasteiger partial charge in [0.05, 0.1) is 4.88 Å². The van der Waals surface area contributed by atoms with Gasteiger partial charge in [-0.25, -0.2) is 0 Å². The maximum atomic E-state index is 12.3. The van der Waals surface area contributed by atoms with Gasteiger partial charge in [0.2, 0.25) is 0 Å². The average Bonchev–Trinajstić information content (AvgIpc) is 3.06. The van der Waals surface area contributed by atoms with Crippen LogP contribution in [0.5, 0.6) is 0 Å². The molecule has 0 aromatic carbocycles. The van der Waals surface area contributed by atoms with Gasteiger partial charge in [0.15, 0.2) is 0 Å². The molecule has 1 N–H and O–H groups in total. The summed E-state index contributed by atoms with van der Waals surface area (Å²) >= 11 is 5.32. The molecule has 1 fully saturated rings. The van der Waals surface area contributed by atoms with E-state index in [1.165, 1.54) is 49.0 Å². The first-order valence-corrected chi connectivity index (χ1v) is 9.67. The van der Waals surface area contributed by atoms with Crippen LogP contribution in [-0.4, -0.2) is 17.8 Å². The topological polar surface area (TPSA) is 29.1 Å².